The molecular weight excluding hydrogens is 320 g/mol. The van der Waals surface area contributed by atoms with Crippen LogP contribution in [0.3, 0.4) is 0 Å². The molecule has 0 aromatic heterocycles. The van der Waals surface area contributed by atoms with Gasteiger partial charge in [-0.1, -0.05) is 6.92 Å². The van der Waals surface area contributed by atoms with Crippen molar-refractivity contribution in [2.75, 3.05) is 38.8 Å². The molecule has 0 aromatic carbocycles. The van der Waals surface area contributed by atoms with Gasteiger partial charge in [-0.25, -0.2) is 0 Å². The molecule has 1 heterocycles. The Morgan fingerprint density at radius 3 is 2.09 bits per heavy atom. The summed E-state index contributed by atoms with van der Waals surface area (Å²) in [5.41, 5.74) is 0.212. The molecule has 1 aliphatic heterocycles. The third-order valence-corrected chi connectivity index (χ3v) is 8.10. The van der Waals surface area contributed by atoms with Crippen molar-refractivity contribution >= 4 is 20.6 Å². The van der Waals surface area contributed by atoms with E-state index in [0.29, 0.717) is 38.5 Å². The summed E-state index contributed by atoms with van der Waals surface area (Å²) in [4.78, 5) is 0. The van der Waals surface area contributed by atoms with Gasteiger partial charge in [-0.3, -0.25) is 0 Å². The second-order valence-electron chi connectivity index (χ2n) is 4.98. The minimum absolute atomic E-state index is 0.132. The fourth-order valence-corrected chi connectivity index (χ4v) is 6.49. The fraction of sp³-hybridized carbons (Fsp3) is 1.00. The van der Waals surface area contributed by atoms with Gasteiger partial charge in [0.05, 0.1) is 13.2 Å². The van der Waals surface area contributed by atoms with E-state index in [1.165, 1.54) is 12.2 Å². The number of hydrogen-bond donors (Lipinski definition) is 0. The Kier molecular flexibility index (Phi) is 11.0. The van der Waals surface area contributed by atoms with Gasteiger partial charge in [0.25, 0.3) is 0 Å². The van der Waals surface area contributed by atoms with Crippen LogP contribution >= 0.6 is 11.8 Å². The van der Waals surface area contributed by atoms with Crippen molar-refractivity contribution in [3.05, 3.63) is 0 Å². The van der Waals surface area contributed by atoms with E-state index < -0.39 is 8.80 Å². The minimum Gasteiger partial charge on any atom is -0.372 e. The van der Waals surface area contributed by atoms with Gasteiger partial charge in [-0.2, -0.15) is 0 Å². The van der Waals surface area contributed by atoms with Crippen molar-refractivity contribution in [3.8, 4) is 0 Å². The first-order valence-electron chi connectivity index (χ1n) is 8.49. The van der Waals surface area contributed by atoms with Gasteiger partial charge in [-0.05, 0) is 45.8 Å². The molecule has 132 valence electrons. The maximum atomic E-state index is 6.03. The molecule has 1 fully saturated rings. The SMILES string of the molecule is CCO[Si](OCC)(OCC)C(CC)OCCOC1CCCS1. The van der Waals surface area contributed by atoms with Crippen molar-refractivity contribution in [3.63, 3.8) is 0 Å². The maximum Gasteiger partial charge on any atom is 0.531 e. The van der Waals surface area contributed by atoms with E-state index in [0.717, 1.165) is 12.8 Å². The Morgan fingerprint density at radius 2 is 1.64 bits per heavy atom. The molecule has 22 heavy (non-hydrogen) atoms. The summed E-state index contributed by atoms with van der Waals surface area (Å²) < 4.78 is 29.6. The standard InChI is InChI=1S/C15H32O5SSi/c1-5-15(17-12-11-16-14-10-9-13-21-14)22(18-6-2,19-7-3)20-8-4/h14-15H,5-13H2,1-4H3. The lowest BCUT2D eigenvalue weighted by Crippen LogP contribution is -2.57. The van der Waals surface area contributed by atoms with Gasteiger partial charge in [-0.15, -0.1) is 11.8 Å². The predicted molar refractivity (Wildman–Crippen MR) is 92.1 cm³/mol. The zero-order valence-electron chi connectivity index (χ0n) is 14.5. The van der Waals surface area contributed by atoms with Crippen molar-refractivity contribution in [1.82, 2.24) is 0 Å². The van der Waals surface area contributed by atoms with E-state index in [9.17, 15) is 0 Å². The number of ether oxygens (including phenoxy) is 2. The van der Waals surface area contributed by atoms with Crippen LogP contribution in [0.15, 0.2) is 0 Å². The number of rotatable bonds is 13. The van der Waals surface area contributed by atoms with Crippen LogP contribution in [0.25, 0.3) is 0 Å². The second kappa shape index (κ2) is 11.8. The summed E-state index contributed by atoms with van der Waals surface area (Å²) >= 11 is 1.89. The van der Waals surface area contributed by atoms with Gasteiger partial charge < -0.3 is 22.8 Å². The van der Waals surface area contributed by atoms with Crippen molar-refractivity contribution < 1.29 is 22.8 Å². The molecule has 2 unspecified atom stereocenters. The summed E-state index contributed by atoms with van der Waals surface area (Å²) in [7, 11) is -2.79. The predicted octanol–water partition coefficient (Wildman–Crippen LogP) is 3.24. The molecule has 1 rings (SSSR count). The van der Waals surface area contributed by atoms with Crippen LogP contribution in [0.4, 0.5) is 0 Å². The van der Waals surface area contributed by atoms with Crippen molar-refractivity contribution in [2.45, 2.75) is 58.1 Å². The van der Waals surface area contributed by atoms with E-state index in [-0.39, 0.29) is 5.73 Å². The van der Waals surface area contributed by atoms with Gasteiger partial charge >= 0.3 is 8.80 Å². The molecule has 0 radical (unpaired) electrons. The number of hydrogen-bond acceptors (Lipinski definition) is 6. The lowest BCUT2D eigenvalue weighted by Gasteiger charge is -2.34. The summed E-state index contributed by atoms with van der Waals surface area (Å²) in [5.74, 6) is 1.21. The van der Waals surface area contributed by atoms with Crippen LogP contribution in [-0.2, 0) is 22.8 Å². The third kappa shape index (κ3) is 6.47. The largest absolute Gasteiger partial charge is 0.531 e. The first-order valence-corrected chi connectivity index (χ1v) is 11.3. The van der Waals surface area contributed by atoms with Crippen molar-refractivity contribution in [1.29, 1.82) is 0 Å². The van der Waals surface area contributed by atoms with Gasteiger partial charge in [0.2, 0.25) is 0 Å². The Hall–Kier alpha value is 0.367. The van der Waals surface area contributed by atoms with Gasteiger partial charge in [0.15, 0.2) is 0 Å². The van der Waals surface area contributed by atoms with Crippen LogP contribution in [0.1, 0.15) is 47.0 Å². The van der Waals surface area contributed by atoms with Gasteiger partial charge in [0, 0.05) is 19.8 Å². The molecule has 0 aliphatic carbocycles. The summed E-state index contributed by atoms with van der Waals surface area (Å²) in [6.07, 6.45) is 3.21. The molecule has 5 nitrogen and oxygen atoms in total. The molecule has 0 aromatic rings. The smallest absolute Gasteiger partial charge is 0.372 e. The molecule has 1 aliphatic rings. The number of thioether (sulfide) groups is 1. The zero-order valence-corrected chi connectivity index (χ0v) is 16.3. The quantitative estimate of drug-likeness (QED) is 0.375. The van der Waals surface area contributed by atoms with E-state index in [1.807, 2.05) is 32.5 Å². The normalized spacial score (nSPS) is 20.5. The first-order chi connectivity index (χ1) is 10.7. The monoisotopic (exact) mass is 352 g/mol. The lowest BCUT2D eigenvalue weighted by molar-refractivity contribution is -0.0311. The fourth-order valence-electron chi connectivity index (χ4n) is 2.53. The average Bonchev–Trinajstić information content (AvgIpc) is 3.01. The summed E-state index contributed by atoms with van der Waals surface area (Å²) in [6.45, 7) is 10.9. The topological polar surface area (TPSA) is 46.2 Å². The molecule has 0 saturated carbocycles. The zero-order chi connectivity index (χ0) is 16.3. The molecule has 0 bridgehead atoms. The van der Waals surface area contributed by atoms with Crippen LogP contribution in [0.5, 0.6) is 0 Å². The molecule has 1 saturated heterocycles. The van der Waals surface area contributed by atoms with Crippen molar-refractivity contribution in [2.24, 2.45) is 0 Å². The molecule has 2 atom stereocenters. The Balaban J connectivity index is 2.47. The average molecular weight is 353 g/mol. The van der Waals surface area contributed by atoms with Crippen LogP contribution in [0.2, 0.25) is 0 Å². The summed E-state index contributed by atoms with van der Waals surface area (Å²) in [6, 6.07) is 0. The Bertz CT molecular complexity index is 260. The van der Waals surface area contributed by atoms with E-state index in [4.69, 9.17) is 22.8 Å². The molecular formula is C15H32O5SSi. The lowest BCUT2D eigenvalue weighted by atomic mass is 10.4. The highest BCUT2D eigenvalue weighted by atomic mass is 32.2. The molecule has 7 heteroatoms. The molecule has 0 N–H and O–H groups in total. The maximum absolute atomic E-state index is 6.03. The van der Waals surface area contributed by atoms with E-state index in [1.54, 1.807) is 0 Å². The summed E-state index contributed by atoms with van der Waals surface area (Å²) in [5, 5.41) is 0. The highest BCUT2D eigenvalue weighted by Gasteiger charge is 2.49. The van der Waals surface area contributed by atoms with Crippen LogP contribution < -0.4 is 0 Å². The van der Waals surface area contributed by atoms with Crippen LogP contribution in [0, 0.1) is 0 Å². The van der Waals surface area contributed by atoms with Gasteiger partial charge in [0.1, 0.15) is 11.2 Å². The minimum atomic E-state index is -2.79. The van der Waals surface area contributed by atoms with E-state index >= 15 is 0 Å². The molecule has 0 spiro atoms. The Morgan fingerprint density at radius 1 is 1.00 bits per heavy atom. The first kappa shape index (κ1) is 20.4. The highest BCUT2D eigenvalue weighted by molar-refractivity contribution is 8.00. The highest BCUT2D eigenvalue weighted by Crippen LogP contribution is 2.27. The Labute approximate surface area is 140 Å². The van der Waals surface area contributed by atoms with E-state index in [2.05, 4.69) is 6.92 Å². The second-order valence-corrected chi connectivity index (χ2v) is 8.97. The third-order valence-electron chi connectivity index (χ3n) is 3.40. The van der Waals surface area contributed by atoms with Crippen LogP contribution in [-0.4, -0.2) is 58.8 Å². The molecule has 0 amide bonds.